The van der Waals surface area contributed by atoms with Gasteiger partial charge in [0.25, 0.3) is 0 Å². The molecule has 1 aliphatic heterocycles. The zero-order chi connectivity index (χ0) is 8.39. The molecule has 2 N–H and O–H groups in total. The standard InChI is InChI=1S/C6H11N5S/c7-6-8-9-10-11(6)3-5-1-2-12-4-5/h5H,1-4H2,(H2,7,8,10). The van der Waals surface area contributed by atoms with E-state index in [-0.39, 0.29) is 0 Å². The molecule has 1 atom stereocenters. The lowest BCUT2D eigenvalue weighted by Crippen LogP contribution is -2.13. The lowest BCUT2D eigenvalue weighted by atomic mass is 10.1. The molecule has 1 aromatic heterocycles. The number of aromatic nitrogens is 4. The highest BCUT2D eigenvalue weighted by molar-refractivity contribution is 7.99. The minimum atomic E-state index is 0.423. The van der Waals surface area contributed by atoms with Crippen LogP contribution in [0.25, 0.3) is 0 Å². The maximum absolute atomic E-state index is 5.54. The Morgan fingerprint density at radius 1 is 1.67 bits per heavy atom. The van der Waals surface area contributed by atoms with Gasteiger partial charge in [-0.15, -0.1) is 0 Å². The maximum atomic E-state index is 5.54. The van der Waals surface area contributed by atoms with Crippen molar-refractivity contribution in [3.8, 4) is 0 Å². The Balaban J connectivity index is 1.98. The summed E-state index contributed by atoms with van der Waals surface area (Å²) < 4.78 is 1.68. The predicted molar refractivity (Wildman–Crippen MR) is 47.7 cm³/mol. The molecule has 1 aromatic rings. The van der Waals surface area contributed by atoms with Gasteiger partial charge in [-0.1, -0.05) is 5.10 Å². The Kier molecular flexibility index (Phi) is 2.16. The van der Waals surface area contributed by atoms with E-state index in [0.717, 1.165) is 6.54 Å². The summed E-state index contributed by atoms with van der Waals surface area (Å²) in [6.07, 6.45) is 1.25. The molecule has 0 spiro atoms. The van der Waals surface area contributed by atoms with Gasteiger partial charge in [-0.2, -0.15) is 11.8 Å². The Morgan fingerprint density at radius 3 is 3.17 bits per heavy atom. The van der Waals surface area contributed by atoms with Crippen molar-refractivity contribution in [3.63, 3.8) is 0 Å². The van der Waals surface area contributed by atoms with Gasteiger partial charge >= 0.3 is 0 Å². The first kappa shape index (κ1) is 7.85. The molecular weight excluding hydrogens is 174 g/mol. The summed E-state index contributed by atoms with van der Waals surface area (Å²) in [6.45, 7) is 0.867. The van der Waals surface area contributed by atoms with Gasteiger partial charge in [-0.05, 0) is 34.3 Å². The van der Waals surface area contributed by atoms with Crippen molar-refractivity contribution in [3.05, 3.63) is 0 Å². The van der Waals surface area contributed by atoms with Crippen molar-refractivity contribution < 1.29 is 0 Å². The SMILES string of the molecule is Nc1nnnn1CC1CCSC1. The number of nitrogens with two attached hydrogens (primary N) is 1. The second-order valence-corrected chi connectivity index (χ2v) is 4.10. The number of thioether (sulfide) groups is 1. The van der Waals surface area contributed by atoms with E-state index in [1.165, 1.54) is 17.9 Å². The molecule has 1 aliphatic rings. The zero-order valence-electron chi connectivity index (χ0n) is 6.68. The molecule has 12 heavy (non-hydrogen) atoms. The maximum Gasteiger partial charge on any atom is 0.240 e. The minimum Gasteiger partial charge on any atom is -0.367 e. The summed E-state index contributed by atoms with van der Waals surface area (Å²) in [5.41, 5.74) is 5.54. The topological polar surface area (TPSA) is 69.6 Å². The number of anilines is 1. The Hall–Kier alpha value is -0.780. The van der Waals surface area contributed by atoms with Crippen LogP contribution in [0.4, 0.5) is 5.95 Å². The largest absolute Gasteiger partial charge is 0.367 e. The van der Waals surface area contributed by atoms with E-state index in [9.17, 15) is 0 Å². The molecule has 0 aromatic carbocycles. The van der Waals surface area contributed by atoms with Crippen LogP contribution in [0, 0.1) is 5.92 Å². The Bertz CT molecular complexity index is 254. The molecule has 5 nitrogen and oxygen atoms in total. The highest BCUT2D eigenvalue weighted by atomic mass is 32.2. The minimum absolute atomic E-state index is 0.423. The third kappa shape index (κ3) is 1.52. The third-order valence-corrected chi connectivity index (χ3v) is 3.25. The van der Waals surface area contributed by atoms with Crippen LogP contribution in [-0.2, 0) is 6.54 Å². The van der Waals surface area contributed by atoms with Crippen LogP contribution in [-0.4, -0.2) is 31.7 Å². The van der Waals surface area contributed by atoms with E-state index >= 15 is 0 Å². The molecule has 0 radical (unpaired) electrons. The molecule has 1 fully saturated rings. The van der Waals surface area contributed by atoms with Gasteiger partial charge < -0.3 is 5.73 Å². The molecule has 1 unspecified atom stereocenters. The van der Waals surface area contributed by atoms with Crippen LogP contribution in [0.5, 0.6) is 0 Å². The van der Waals surface area contributed by atoms with Crippen molar-refractivity contribution in [2.45, 2.75) is 13.0 Å². The van der Waals surface area contributed by atoms with E-state index in [4.69, 9.17) is 5.73 Å². The van der Waals surface area contributed by atoms with Gasteiger partial charge in [0.1, 0.15) is 0 Å². The van der Waals surface area contributed by atoms with E-state index in [2.05, 4.69) is 15.5 Å². The number of nitrogens with zero attached hydrogens (tertiary/aromatic N) is 4. The second kappa shape index (κ2) is 3.30. The van der Waals surface area contributed by atoms with Crippen molar-refractivity contribution >= 4 is 17.7 Å². The van der Waals surface area contributed by atoms with Crippen molar-refractivity contribution in [2.75, 3.05) is 17.2 Å². The van der Waals surface area contributed by atoms with Gasteiger partial charge in [-0.3, -0.25) is 0 Å². The molecular formula is C6H11N5S. The fraction of sp³-hybridized carbons (Fsp3) is 0.833. The van der Waals surface area contributed by atoms with Gasteiger partial charge in [-0.25, -0.2) is 4.68 Å². The summed E-state index contributed by atoms with van der Waals surface area (Å²) in [7, 11) is 0. The lowest BCUT2D eigenvalue weighted by molar-refractivity contribution is 0.454. The van der Waals surface area contributed by atoms with Crippen LogP contribution in [0.15, 0.2) is 0 Å². The summed E-state index contributed by atoms with van der Waals surface area (Å²) in [6, 6.07) is 0. The van der Waals surface area contributed by atoms with Crippen LogP contribution >= 0.6 is 11.8 Å². The monoisotopic (exact) mass is 185 g/mol. The van der Waals surface area contributed by atoms with Gasteiger partial charge in [0.15, 0.2) is 0 Å². The molecule has 0 saturated carbocycles. The van der Waals surface area contributed by atoms with Crippen LogP contribution in [0.3, 0.4) is 0 Å². The molecule has 0 bridgehead atoms. The highest BCUT2D eigenvalue weighted by Gasteiger charge is 2.17. The number of hydrogen-bond acceptors (Lipinski definition) is 5. The first-order chi connectivity index (χ1) is 5.86. The van der Waals surface area contributed by atoms with Gasteiger partial charge in [0.05, 0.1) is 6.54 Å². The molecule has 66 valence electrons. The molecule has 1 saturated heterocycles. The lowest BCUT2D eigenvalue weighted by Gasteiger charge is -2.06. The predicted octanol–water partition coefficient (Wildman–Crippen LogP) is 0.00840. The average molecular weight is 185 g/mol. The number of nitrogen functional groups attached to an aromatic ring is 1. The molecule has 0 amide bonds. The number of tetrazole rings is 1. The van der Waals surface area contributed by atoms with Crippen LogP contribution in [0.2, 0.25) is 0 Å². The van der Waals surface area contributed by atoms with Crippen LogP contribution in [0.1, 0.15) is 6.42 Å². The molecule has 0 aliphatic carbocycles. The fourth-order valence-electron chi connectivity index (χ4n) is 1.31. The van der Waals surface area contributed by atoms with Gasteiger partial charge in [0.2, 0.25) is 5.95 Å². The molecule has 2 rings (SSSR count). The van der Waals surface area contributed by atoms with Crippen molar-refractivity contribution in [1.29, 1.82) is 0 Å². The summed E-state index contributed by atoms with van der Waals surface area (Å²) in [4.78, 5) is 0. The molecule has 2 heterocycles. The summed E-state index contributed by atoms with van der Waals surface area (Å²) in [5.74, 6) is 3.58. The average Bonchev–Trinajstić information content (AvgIpc) is 2.65. The van der Waals surface area contributed by atoms with E-state index in [0.29, 0.717) is 11.9 Å². The summed E-state index contributed by atoms with van der Waals surface area (Å²) in [5, 5.41) is 10.9. The fourth-order valence-corrected chi connectivity index (χ4v) is 2.59. The highest BCUT2D eigenvalue weighted by Crippen LogP contribution is 2.24. The first-order valence-corrected chi connectivity index (χ1v) is 5.11. The Labute approximate surface area is 74.7 Å². The van der Waals surface area contributed by atoms with Crippen molar-refractivity contribution in [2.24, 2.45) is 5.92 Å². The number of rotatable bonds is 2. The third-order valence-electron chi connectivity index (χ3n) is 2.01. The second-order valence-electron chi connectivity index (χ2n) is 2.95. The number of hydrogen-bond donors (Lipinski definition) is 1. The quantitative estimate of drug-likeness (QED) is 0.702. The van der Waals surface area contributed by atoms with Crippen molar-refractivity contribution in [1.82, 2.24) is 20.2 Å². The van der Waals surface area contributed by atoms with Crippen LogP contribution < -0.4 is 5.73 Å². The normalized spacial score (nSPS) is 23.2. The molecule has 6 heteroatoms. The summed E-state index contributed by atoms with van der Waals surface area (Å²) >= 11 is 1.99. The zero-order valence-corrected chi connectivity index (χ0v) is 7.50. The Morgan fingerprint density at radius 2 is 2.58 bits per heavy atom. The van der Waals surface area contributed by atoms with Gasteiger partial charge in [0, 0.05) is 0 Å². The van der Waals surface area contributed by atoms with E-state index < -0.39 is 0 Å². The first-order valence-electron chi connectivity index (χ1n) is 3.95. The van der Waals surface area contributed by atoms with E-state index in [1.54, 1.807) is 4.68 Å². The smallest absolute Gasteiger partial charge is 0.240 e. The van der Waals surface area contributed by atoms with E-state index in [1.807, 2.05) is 11.8 Å².